The Balaban J connectivity index is 2.61. The fraction of sp³-hybridized carbons (Fsp3) is 0. The highest BCUT2D eigenvalue weighted by atomic mass is 16.1. The van der Waals surface area contributed by atoms with Crippen molar-refractivity contribution in [2.45, 2.75) is 0 Å². The lowest BCUT2D eigenvalue weighted by Gasteiger charge is -2.01. The lowest BCUT2D eigenvalue weighted by Crippen LogP contribution is -2.05. The van der Waals surface area contributed by atoms with Crippen LogP contribution >= 0.6 is 0 Å². The van der Waals surface area contributed by atoms with E-state index in [2.05, 4.69) is 9.96 Å². The van der Waals surface area contributed by atoms with Crippen LogP contribution < -0.4 is 5.56 Å². The van der Waals surface area contributed by atoms with Gasteiger partial charge in [-0.1, -0.05) is 18.2 Å². The Morgan fingerprint density at radius 2 is 1.76 bits per heavy atom. The quantitative estimate of drug-likeness (QED) is 0.469. The number of nitrogens with zero attached hydrogens (tertiary/aromatic N) is 2. The normalized spacial score (nSPS) is 10.5. The van der Waals surface area contributed by atoms with Crippen LogP contribution in [0.3, 0.4) is 0 Å². The molecule has 0 amide bonds. The van der Waals surface area contributed by atoms with Crippen LogP contribution in [0.5, 0.6) is 0 Å². The number of aromatic amines is 1. The van der Waals surface area contributed by atoms with Gasteiger partial charge in [-0.05, 0) is 17.5 Å². The summed E-state index contributed by atoms with van der Waals surface area (Å²) in [5, 5.41) is 11.1. The molecule has 0 saturated heterocycles. The zero-order valence-electron chi connectivity index (χ0n) is 8.84. The number of rotatable bonds is 0. The third-order valence-corrected chi connectivity index (χ3v) is 2.83. The molecule has 1 heterocycles. The van der Waals surface area contributed by atoms with Crippen LogP contribution in [0.25, 0.3) is 26.7 Å². The van der Waals surface area contributed by atoms with E-state index in [-0.39, 0.29) is 5.56 Å². The molecule has 3 rings (SSSR count). The van der Waals surface area contributed by atoms with E-state index < -0.39 is 0 Å². The van der Waals surface area contributed by atoms with Gasteiger partial charge in [0.15, 0.2) is 4.98 Å². The average molecular weight is 222 g/mol. The molecule has 0 unspecified atom stereocenters. The largest absolute Gasteiger partial charge is 0.385 e. The molecule has 2 aromatic carbocycles. The number of aromatic nitrogens is 1. The summed E-state index contributed by atoms with van der Waals surface area (Å²) in [5.41, 5.74) is 1.09. The van der Waals surface area contributed by atoms with Crippen molar-refractivity contribution in [1.29, 1.82) is 5.39 Å². The number of pyridine rings is 1. The number of diazo groups is 1. The van der Waals surface area contributed by atoms with Crippen molar-refractivity contribution in [2.24, 2.45) is 0 Å². The first-order chi connectivity index (χ1) is 8.29. The van der Waals surface area contributed by atoms with Gasteiger partial charge in [-0.2, -0.15) is 0 Å². The number of benzene rings is 2. The molecule has 0 aliphatic rings. The molecule has 4 nitrogen and oxygen atoms in total. The standard InChI is InChI=1S/C13H7N3O/c14-16-8-5-6-12-11(7-8)9-3-1-2-4-10(9)13(17)15-12/h1-7H/p+1. The summed E-state index contributed by atoms with van der Waals surface area (Å²) < 4.78 is 0. The third-order valence-electron chi connectivity index (χ3n) is 2.83. The first-order valence-corrected chi connectivity index (χ1v) is 5.19. The monoisotopic (exact) mass is 222 g/mol. The Hall–Kier alpha value is -2.67. The van der Waals surface area contributed by atoms with Crippen molar-refractivity contribution >= 4 is 27.4 Å². The van der Waals surface area contributed by atoms with E-state index in [0.717, 1.165) is 16.3 Å². The summed E-state index contributed by atoms with van der Waals surface area (Å²) in [6.07, 6.45) is 0. The van der Waals surface area contributed by atoms with Crippen molar-refractivity contribution < 1.29 is 0 Å². The number of hydrogen-bond donors (Lipinski definition) is 1. The van der Waals surface area contributed by atoms with Crippen molar-refractivity contribution in [3.63, 3.8) is 0 Å². The van der Waals surface area contributed by atoms with Crippen LogP contribution in [0.1, 0.15) is 0 Å². The average Bonchev–Trinajstić information content (AvgIpc) is 2.39. The van der Waals surface area contributed by atoms with Gasteiger partial charge in [0.1, 0.15) is 0 Å². The van der Waals surface area contributed by atoms with Crippen molar-refractivity contribution in [2.75, 3.05) is 0 Å². The van der Waals surface area contributed by atoms with Crippen molar-refractivity contribution in [1.82, 2.24) is 4.98 Å². The Bertz CT molecular complexity index is 827. The molecule has 0 spiro atoms. The van der Waals surface area contributed by atoms with Crippen molar-refractivity contribution in [3.8, 4) is 0 Å². The van der Waals surface area contributed by atoms with Gasteiger partial charge in [-0.3, -0.25) is 4.79 Å². The summed E-state index contributed by atoms with van der Waals surface area (Å²) in [5.74, 6) is 0. The van der Waals surface area contributed by atoms with Gasteiger partial charge in [-0.25, -0.2) is 0 Å². The highest BCUT2D eigenvalue weighted by molar-refractivity contribution is 6.06. The Kier molecular flexibility index (Phi) is 1.92. The molecule has 1 aromatic heterocycles. The van der Waals surface area contributed by atoms with Crippen LogP contribution in [0.4, 0.5) is 5.69 Å². The van der Waals surface area contributed by atoms with E-state index in [4.69, 9.17) is 5.39 Å². The van der Waals surface area contributed by atoms with Crippen LogP contribution in [0.15, 0.2) is 47.3 Å². The molecule has 0 radical (unpaired) electrons. The van der Waals surface area contributed by atoms with Gasteiger partial charge in [0.2, 0.25) is 5.39 Å². The molecule has 0 bridgehead atoms. The summed E-state index contributed by atoms with van der Waals surface area (Å²) in [4.78, 5) is 17.8. The molecule has 0 aliphatic carbocycles. The molecule has 0 saturated carbocycles. The minimum atomic E-state index is -0.109. The maximum Gasteiger partial charge on any atom is 0.385 e. The van der Waals surface area contributed by atoms with Gasteiger partial charge >= 0.3 is 5.69 Å². The fourth-order valence-electron chi connectivity index (χ4n) is 2.03. The first kappa shape index (κ1) is 9.55. The number of H-pyrrole nitrogens is 1. The van der Waals surface area contributed by atoms with Gasteiger partial charge in [0, 0.05) is 28.4 Å². The summed E-state index contributed by atoms with van der Waals surface area (Å²) in [7, 11) is 0. The molecule has 0 fully saturated rings. The maximum absolute atomic E-state index is 11.8. The van der Waals surface area contributed by atoms with E-state index in [1.165, 1.54) is 0 Å². The molecule has 17 heavy (non-hydrogen) atoms. The molecule has 1 N–H and O–H groups in total. The maximum atomic E-state index is 11.8. The van der Waals surface area contributed by atoms with Gasteiger partial charge in [0.05, 0.1) is 0 Å². The van der Waals surface area contributed by atoms with Gasteiger partial charge in [-0.15, -0.1) is 0 Å². The zero-order valence-corrected chi connectivity index (χ0v) is 8.84. The van der Waals surface area contributed by atoms with Crippen molar-refractivity contribution in [3.05, 3.63) is 57.8 Å². The highest BCUT2D eigenvalue weighted by Crippen LogP contribution is 2.25. The summed E-state index contributed by atoms with van der Waals surface area (Å²) >= 11 is 0. The van der Waals surface area contributed by atoms with E-state index in [1.54, 1.807) is 24.3 Å². The highest BCUT2D eigenvalue weighted by Gasteiger charge is 2.09. The molecule has 4 heteroatoms. The number of fused-ring (bicyclic) bond motifs is 3. The molecular formula is C13H8N3O+. The molecule has 80 valence electrons. The van der Waals surface area contributed by atoms with E-state index in [1.807, 2.05) is 18.2 Å². The summed E-state index contributed by atoms with van der Waals surface area (Å²) in [6.45, 7) is 0. The second kappa shape index (κ2) is 3.42. The molecule has 0 aliphatic heterocycles. The van der Waals surface area contributed by atoms with Crippen LogP contribution in [0.2, 0.25) is 0 Å². The van der Waals surface area contributed by atoms with Gasteiger partial charge < -0.3 is 4.98 Å². The fourth-order valence-corrected chi connectivity index (χ4v) is 2.03. The predicted molar refractivity (Wildman–Crippen MR) is 66.8 cm³/mol. The summed E-state index contributed by atoms with van der Waals surface area (Å²) in [6, 6.07) is 12.5. The molecule has 0 atom stereocenters. The van der Waals surface area contributed by atoms with Crippen LogP contribution in [-0.2, 0) is 0 Å². The van der Waals surface area contributed by atoms with E-state index >= 15 is 0 Å². The Labute approximate surface area is 96.1 Å². The molecular weight excluding hydrogens is 214 g/mol. The molecule has 3 aromatic rings. The minimum Gasteiger partial charge on any atom is -0.321 e. The predicted octanol–water partition coefficient (Wildman–Crippen LogP) is 3.17. The van der Waals surface area contributed by atoms with Gasteiger partial charge in [0.25, 0.3) is 5.56 Å². The van der Waals surface area contributed by atoms with E-state index in [9.17, 15) is 4.79 Å². The lowest BCUT2D eigenvalue weighted by molar-refractivity contribution is 1.34. The third kappa shape index (κ3) is 1.37. The Morgan fingerprint density at radius 3 is 2.53 bits per heavy atom. The smallest absolute Gasteiger partial charge is 0.321 e. The second-order valence-electron chi connectivity index (χ2n) is 3.83. The topological polar surface area (TPSA) is 61.0 Å². The second-order valence-corrected chi connectivity index (χ2v) is 3.83. The Morgan fingerprint density at radius 1 is 1.00 bits per heavy atom. The van der Waals surface area contributed by atoms with Crippen LogP contribution in [0, 0.1) is 5.39 Å². The first-order valence-electron chi connectivity index (χ1n) is 5.19. The zero-order chi connectivity index (χ0) is 11.8. The number of hydrogen-bond acceptors (Lipinski definition) is 2. The lowest BCUT2D eigenvalue weighted by atomic mass is 10.1. The van der Waals surface area contributed by atoms with Crippen LogP contribution in [-0.4, -0.2) is 4.98 Å². The minimum absolute atomic E-state index is 0.109. The SMILES string of the molecule is N#[N+]c1ccc2[nH]c(=O)c3ccccc3c2c1. The number of nitrogens with one attached hydrogen (secondary N) is 1. The van der Waals surface area contributed by atoms with E-state index in [0.29, 0.717) is 11.1 Å².